The minimum Gasteiger partial charge on any atom is -0.365 e. The number of thiazole rings is 1. The Labute approximate surface area is 102 Å². The smallest absolute Gasteiger partial charge is 0.182 e. The van der Waals surface area contributed by atoms with Crippen LogP contribution in [0.3, 0.4) is 0 Å². The lowest BCUT2D eigenvalue weighted by Crippen LogP contribution is -1.86. The zero-order valence-electron chi connectivity index (χ0n) is 7.92. The van der Waals surface area contributed by atoms with E-state index in [-0.39, 0.29) is 0 Å². The number of rotatable bonds is 2. The van der Waals surface area contributed by atoms with Crippen LogP contribution in [0.1, 0.15) is 0 Å². The molecule has 78 valence electrons. The third-order valence-corrected chi connectivity index (χ3v) is 3.62. The maximum absolute atomic E-state index is 6.09. The number of hydrogen-bond donors (Lipinski definition) is 1. The Hall–Kier alpha value is -0.770. The third-order valence-electron chi connectivity index (χ3n) is 1.95. The highest BCUT2D eigenvalue weighted by Gasteiger charge is 2.09. The fourth-order valence-electron chi connectivity index (χ4n) is 1.21. The third kappa shape index (κ3) is 2.09. The maximum atomic E-state index is 6.09. The standard InChI is InChI=1S/C10H8Cl2N2S/c1-13-10-14-8(5-15-10)6-3-2-4-7(11)9(6)12/h2-5H,1H3,(H,13,14). The molecule has 0 radical (unpaired) electrons. The first kappa shape index (κ1) is 10.7. The molecule has 0 aliphatic heterocycles. The summed E-state index contributed by atoms with van der Waals surface area (Å²) in [6.45, 7) is 0. The van der Waals surface area contributed by atoms with Crippen LogP contribution in [-0.4, -0.2) is 12.0 Å². The van der Waals surface area contributed by atoms with Crippen molar-refractivity contribution in [1.29, 1.82) is 0 Å². The summed E-state index contributed by atoms with van der Waals surface area (Å²) in [7, 11) is 1.84. The van der Waals surface area contributed by atoms with Crippen LogP contribution in [-0.2, 0) is 0 Å². The van der Waals surface area contributed by atoms with Crippen LogP contribution < -0.4 is 5.32 Å². The normalized spacial score (nSPS) is 10.3. The second-order valence-electron chi connectivity index (χ2n) is 2.89. The Morgan fingerprint density at radius 3 is 2.80 bits per heavy atom. The number of nitrogens with zero attached hydrogens (tertiary/aromatic N) is 1. The summed E-state index contributed by atoms with van der Waals surface area (Å²) in [5, 5.41) is 6.89. The molecule has 1 heterocycles. The van der Waals surface area contributed by atoms with Gasteiger partial charge in [-0.05, 0) is 6.07 Å². The van der Waals surface area contributed by atoms with Gasteiger partial charge in [0.15, 0.2) is 5.13 Å². The lowest BCUT2D eigenvalue weighted by molar-refractivity contribution is 1.36. The molecule has 2 rings (SSSR count). The van der Waals surface area contributed by atoms with Gasteiger partial charge in [0.1, 0.15) is 0 Å². The lowest BCUT2D eigenvalue weighted by Gasteiger charge is -2.01. The first-order valence-corrected chi connectivity index (χ1v) is 5.93. The molecule has 0 fully saturated rings. The van der Waals surface area contributed by atoms with Gasteiger partial charge >= 0.3 is 0 Å². The van der Waals surface area contributed by atoms with E-state index in [0.29, 0.717) is 10.0 Å². The number of hydrogen-bond acceptors (Lipinski definition) is 3. The van der Waals surface area contributed by atoms with E-state index in [1.54, 1.807) is 6.07 Å². The predicted molar refractivity (Wildman–Crippen MR) is 67.1 cm³/mol. The van der Waals surface area contributed by atoms with Crippen LogP contribution in [0.15, 0.2) is 23.6 Å². The highest BCUT2D eigenvalue weighted by Crippen LogP contribution is 2.34. The lowest BCUT2D eigenvalue weighted by atomic mass is 10.2. The molecular formula is C10H8Cl2N2S. The van der Waals surface area contributed by atoms with Gasteiger partial charge in [-0.3, -0.25) is 0 Å². The molecule has 2 nitrogen and oxygen atoms in total. The van der Waals surface area contributed by atoms with Gasteiger partial charge in [-0.15, -0.1) is 11.3 Å². The van der Waals surface area contributed by atoms with E-state index < -0.39 is 0 Å². The molecule has 0 amide bonds. The van der Waals surface area contributed by atoms with Crippen LogP contribution >= 0.6 is 34.5 Å². The summed E-state index contributed by atoms with van der Waals surface area (Å²) in [4.78, 5) is 4.37. The molecular weight excluding hydrogens is 251 g/mol. The molecule has 0 bridgehead atoms. The first-order valence-electron chi connectivity index (χ1n) is 4.30. The van der Waals surface area contributed by atoms with Crippen LogP contribution in [0.4, 0.5) is 5.13 Å². The number of aromatic nitrogens is 1. The van der Waals surface area contributed by atoms with Gasteiger partial charge in [0.25, 0.3) is 0 Å². The SMILES string of the molecule is CNc1nc(-c2cccc(Cl)c2Cl)cs1. The molecule has 1 aromatic heterocycles. The molecule has 1 N–H and O–H groups in total. The van der Waals surface area contributed by atoms with Gasteiger partial charge in [-0.25, -0.2) is 4.98 Å². The second kappa shape index (κ2) is 4.39. The van der Waals surface area contributed by atoms with Gasteiger partial charge in [0.05, 0.1) is 15.7 Å². The average molecular weight is 259 g/mol. The summed E-state index contributed by atoms with van der Waals surface area (Å²) in [6.07, 6.45) is 0. The largest absolute Gasteiger partial charge is 0.365 e. The fraction of sp³-hybridized carbons (Fsp3) is 0.100. The van der Waals surface area contributed by atoms with Crippen LogP contribution in [0.2, 0.25) is 10.0 Å². The van der Waals surface area contributed by atoms with Crippen molar-refractivity contribution in [1.82, 2.24) is 4.98 Å². The minimum atomic E-state index is 0.548. The van der Waals surface area contributed by atoms with E-state index >= 15 is 0 Å². The molecule has 0 saturated carbocycles. The Bertz CT molecular complexity index is 482. The van der Waals surface area contributed by atoms with Gasteiger partial charge in [-0.2, -0.15) is 0 Å². The van der Waals surface area contributed by atoms with E-state index in [0.717, 1.165) is 16.4 Å². The molecule has 0 atom stereocenters. The second-order valence-corrected chi connectivity index (χ2v) is 4.53. The average Bonchev–Trinajstić information content (AvgIpc) is 2.70. The van der Waals surface area contributed by atoms with Crippen molar-refractivity contribution in [2.24, 2.45) is 0 Å². The fourth-order valence-corrected chi connectivity index (χ4v) is 2.28. The van der Waals surface area contributed by atoms with Crippen molar-refractivity contribution in [3.05, 3.63) is 33.6 Å². The van der Waals surface area contributed by atoms with E-state index in [4.69, 9.17) is 23.2 Å². The number of nitrogens with one attached hydrogen (secondary N) is 1. The Balaban J connectivity index is 2.49. The zero-order chi connectivity index (χ0) is 10.8. The quantitative estimate of drug-likeness (QED) is 0.875. The molecule has 2 aromatic rings. The van der Waals surface area contributed by atoms with E-state index in [1.165, 1.54) is 11.3 Å². The summed E-state index contributed by atoms with van der Waals surface area (Å²) in [5.41, 5.74) is 1.71. The van der Waals surface area contributed by atoms with Crippen molar-refractivity contribution in [3.63, 3.8) is 0 Å². The molecule has 15 heavy (non-hydrogen) atoms. The Morgan fingerprint density at radius 1 is 1.33 bits per heavy atom. The minimum absolute atomic E-state index is 0.548. The molecule has 0 saturated heterocycles. The van der Waals surface area contributed by atoms with Gasteiger partial charge in [0, 0.05) is 18.0 Å². The molecule has 0 aliphatic carbocycles. The molecule has 0 spiro atoms. The highest BCUT2D eigenvalue weighted by atomic mass is 35.5. The monoisotopic (exact) mass is 258 g/mol. The maximum Gasteiger partial charge on any atom is 0.182 e. The van der Waals surface area contributed by atoms with Gasteiger partial charge in [-0.1, -0.05) is 35.3 Å². The molecule has 0 unspecified atom stereocenters. The van der Waals surface area contributed by atoms with Crippen molar-refractivity contribution >= 4 is 39.7 Å². The number of halogens is 2. The van der Waals surface area contributed by atoms with E-state index in [2.05, 4.69) is 10.3 Å². The summed E-state index contributed by atoms with van der Waals surface area (Å²) in [6, 6.07) is 5.53. The van der Waals surface area contributed by atoms with E-state index in [9.17, 15) is 0 Å². The Morgan fingerprint density at radius 2 is 2.13 bits per heavy atom. The topological polar surface area (TPSA) is 24.9 Å². The van der Waals surface area contributed by atoms with Crippen molar-refractivity contribution < 1.29 is 0 Å². The first-order chi connectivity index (χ1) is 7.22. The van der Waals surface area contributed by atoms with Crippen LogP contribution in [0.5, 0.6) is 0 Å². The van der Waals surface area contributed by atoms with Crippen LogP contribution in [0, 0.1) is 0 Å². The van der Waals surface area contributed by atoms with Crippen molar-refractivity contribution in [2.45, 2.75) is 0 Å². The summed E-state index contributed by atoms with van der Waals surface area (Å²) in [5.74, 6) is 0. The molecule has 5 heteroatoms. The van der Waals surface area contributed by atoms with E-state index in [1.807, 2.05) is 24.6 Å². The molecule has 1 aromatic carbocycles. The summed E-state index contributed by atoms with van der Waals surface area (Å²) < 4.78 is 0. The number of anilines is 1. The van der Waals surface area contributed by atoms with Gasteiger partial charge < -0.3 is 5.32 Å². The predicted octanol–water partition coefficient (Wildman–Crippen LogP) is 4.16. The van der Waals surface area contributed by atoms with Crippen molar-refractivity contribution in [2.75, 3.05) is 12.4 Å². The van der Waals surface area contributed by atoms with Crippen molar-refractivity contribution in [3.8, 4) is 11.3 Å². The molecule has 0 aliphatic rings. The number of benzene rings is 1. The zero-order valence-corrected chi connectivity index (χ0v) is 10.2. The Kier molecular flexibility index (Phi) is 3.14. The highest BCUT2D eigenvalue weighted by molar-refractivity contribution is 7.14. The van der Waals surface area contributed by atoms with Crippen LogP contribution in [0.25, 0.3) is 11.3 Å². The van der Waals surface area contributed by atoms with Gasteiger partial charge in [0.2, 0.25) is 0 Å². The summed E-state index contributed by atoms with van der Waals surface area (Å²) >= 11 is 13.6.